The van der Waals surface area contributed by atoms with Crippen LogP contribution in [0.15, 0.2) is 21.7 Å². The molecule has 1 fully saturated rings. The zero-order valence-corrected chi connectivity index (χ0v) is 13.0. The van der Waals surface area contributed by atoms with Crippen molar-refractivity contribution in [1.29, 1.82) is 0 Å². The van der Waals surface area contributed by atoms with Gasteiger partial charge in [-0.2, -0.15) is 0 Å². The second kappa shape index (κ2) is 5.51. The van der Waals surface area contributed by atoms with E-state index in [0.717, 1.165) is 17.8 Å². The zero-order valence-electron chi connectivity index (χ0n) is 10.6. The lowest BCUT2D eigenvalue weighted by molar-refractivity contribution is 0.526. The average Bonchev–Trinajstić information content (AvgIpc) is 2.94. The summed E-state index contributed by atoms with van der Waals surface area (Å²) in [7, 11) is -6.86. The van der Waals surface area contributed by atoms with Crippen LogP contribution in [-0.4, -0.2) is 46.2 Å². The molecular formula is C11H17NO4S3. The van der Waals surface area contributed by atoms with Crippen LogP contribution in [-0.2, 0) is 19.7 Å². The Kier molecular flexibility index (Phi) is 4.34. The summed E-state index contributed by atoms with van der Waals surface area (Å²) in [5.41, 5.74) is 0. The van der Waals surface area contributed by atoms with Crippen molar-refractivity contribution < 1.29 is 16.8 Å². The predicted octanol–water partition coefficient (Wildman–Crippen LogP) is 0.687. The Morgan fingerprint density at radius 1 is 1.42 bits per heavy atom. The number of sulfone groups is 2. The van der Waals surface area contributed by atoms with Crippen LogP contribution in [0, 0.1) is 0 Å². The molecule has 1 aromatic heterocycles. The van der Waals surface area contributed by atoms with Crippen molar-refractivity contribution in [3.63, 3.8) is 0 Å². The van der Waals surface area contributed by atoms with Crippen molar-refractivity contribution in [3.8, 4) is 0 Å². The molecule has 0 unspecified atom stereocenters. The fourth-order valence-corrected chi connectivity index (χ4v) is 8.16. The third kappa shape index (κ3) is 3.18. The second-order valence-corrected chi connectivity index (χ2v) is 10.1. The summed E-state index contributed by atoms with van der Waals surface area (Å²) in [5.74, 6) is -0.378. The number of nitrogens with one attached hydrogen (secondary N) is 1. The number of rotatable bonds is 5. The first kappa shape index (κ1) is 15.0. The minimum absolute atomic E-state index is 0.0950. The summed E-state index contributed by atoms with van der Waals surface area (Å²) >= 11 is 1.13. The van der Waals surface area contributed by atoms with Crippen LogP contribution >= 0.6 is 11.3 Å². The van der Waals surface area contributed by atoms with E-state index < -0.39 is 31.0 Å². The van der Waals surface area contributed by atoms with Gasteiger partial charge in [0.1, 0.15) is 4.21 Å². The molecule has 0 amide bonds. The molecule has 108 valence electrons. The van der Waals surface area contributed by atoms with Gasteiger partial charge < -0.3 is 5.32 Å². The quantitative estimate of drug-likeness (QED) is 0.862. The molecule has 0 spiro atoms. The molecule has 2 heterocycles. The van der Waals surface area contributed by atoms with Crippen molar-refractivity contribution in [2.45, 2.75) is 28.8 Å². The number of hydrogen-bond acceptors (Lipinski definition) is 6. The van der Waals surface area contributed by atoms with E-state index in [9.17, 15) is 16.8 Å². The minimum atomic E-state index is -3.57. The van der Waals surface area contributed by atoms with Crippen molar-refractivity contribution >= 4 is 31.0 Å². The Morgan fingerprint density at radius 3 is 2.74 bits per heavy atom. The lowest BCUT2D eigenvalue weighted by atomic mass is 10.2. The summed E-state index contributed by atoms with van der Waals surface area (Å²) in [4.78, 5) is 0. The first-order valence-corrected chi connectivity index (χ1v) is 10.3. The average molecular weight is 323 g/mol. The first-order valence-electron chi connectivity index (χ1n) is 6.08. The van der Waals surface area contributed by atoms with Crippen LogP contribution in [0.4, 0.5) is 0 Å². The van der Waals surface area contributed by atoms with Gasteiger partial charge in [0.05, 0.1) is 16.8 Å². The SMILES string of the molecule is CCCN[C@H]1CS(=O)(=O)C[C@@H]1S(=O)(=O)c1cccs1. The normalized spacial score (nSPS) is 26.6. The molecule has 1 aliphatic rings. The fourth-order valence-electron chi connectivity index (χ4n) is 2.22. The number of thiophene rings is 1. The molecule has 0 saturated carbocycles. The maximum Gasteiger partial charge on any atom is 0.193 e. The highest BCUT2D eigenvalue weighted by molar-refractivity contribution is 7.97. The first-order chi connectivity index (χ1) is 8.87. The van der Waals surface area contributed by atoms with Crippen molar-refractivity contribution in [2.24, 2.45) is 0 Å². The molecule has 0 radical (unpaired) electrons. The Bertz CT molecular complexity index is 619. The Morgan fingerprint density at radius 2 is 2.16 bits per heavy atom. The van der Waals surface area contributed by atoms with Gasteiger partial charge in [-0.15, -0.1) is 11.3 Å². The van der Waals surface area contributed by atoms with Crippen molar-refractivity contribution in [3.05, 3.63) is 17.5 Å². The maximum atomic E-state index is 12.5. The van der Waals surface area contributed by atoms with E-state index >= 15 is 0 Å². The summed E-state index contributed by atoms with van der Waals surface area (Å²) in [5, 5.41) is 3.86. The van der Waals surface area contributed by atoms with Crippen LogP contribution in [0.1, 0.15) is 13.3 Å². The van der Waals surface area contributed by atoms with Gasteiger partial charge in [0, 0.05) is 6.04 Å². The standard InChI is InChI=1S/C11H17NO4S3/c1-2-5-12-9-7-18(13,14)8-10(9)19(15,16)11-4-3-6-17-11/h3-4,6,9-10,12H,2,5,7-8H2,1H3/t9-,10-/m0/s1. The second-order valence-electron chi connectivity index (χ2n) is 4.65. The topological polar surface area (TPSA) is 80.3 Å². The van der Waals surface area contributed by atoms with Crippen molar-refractivity contribution in [1.82, 2.24) is 5.32 Å². The molecule has 0 aromatic carbocycles. The largest absolute Gasteiger partial charge is 0.312 e. The van der Waals surface area contributed by atoms with Crippen LogP contribution in [0.25, 0.3) is 0 Å². The predicted molar refractivity (Wildman–Crippen MR) is 76.0 cm³/mol. The molecule has 2 rings (SSSR count). The smallest absolute Gasteiger partial charge is 0.193 e. The Balaban J connectivity index is 2.31. The highest BCUT2D eigenvalue weighted by Crippen LogP contribution is 2.28. The molecule has 1 N–H and O–H groups in total. The van der Waals surface area contributed by atoms with Gasteiger partial charge in [0.25, 0.3) is 0 Å². The molecule has 0 aliphatic carbocycles. The van der Waals surface area contributed by atoms with E-state index in [2.05, 4.69) is 5.32 Å². The zero-order chi connectivity index (χ0) is 14.1. The third-order valence-electron chi connectivity index (χ3n) is 3.13. The highest BCUT2D eigenvalue weighted by atomic mass is 32.2. The van der Waals surface area contributed by atoms with Gasteiger partial charge in [-0.1, -0.05) is 13.0 Å². The summed E-state index contributed by atoms with van der Waals surface area (Å²) in [6, 6.07) is 2.69. The molecule has 0 bridgehead atoms. The molecule has 1 saturated heterocycles. The van der Waals surface area contributed by atoms with Gasteiger partial charge in [-0.3, -0.25) is 0 Å². The van der Waals surface area contributed by atoms with Gasteiger partial charge in [0.2, 0.25) is 0 Å². The minimum Gasteiger partial charge on any atom is -0.312 e. The van der Waals surface area contributed by atoms with Crippen LogP contribution in [0.2, 0.25) is 0 Å². The molecule has 8 heteroatoms. The maximum absolute atomic E-state index is 12.5. The van der Waals surface area contributed by atoms with Gasteiger partial charge >= 0.3 is 0 Å². The molecular weight excluding hydrogens is 306 g/mol. The fraction of sp³-hybridized carbons (Fsp3) is 0.636. The van der Waals surface area contributed by atoms with Gasteiger partial charge in [0.15, 0.2) is 19.7 Å². The highest BCUT2D eigenvalue weighted by Gasteiger charge is 2.45. The molecule has 1 aliphatic heterocycles. The van der Waals surface area contributed by atoms with E-state index in [1.807, 2.05) is 6.92 Å². The van der Waals surface area contributed by atoms with Crippen molar-refractivity contribution in [2.75, 3.05) is 18.1 Å². The van der Waals surface area contributed by atoms with E-state index in [0.29, 0.717) is 6.54 Å². The summed E-state index contributed by atoms with van der Waals surface area (Å²) in [6.07, 6.45) is 0.836. The van der Waals surface area contributed by atoms with E-state index in [1.54, 1.807) is 11.4 Å². The summed E-state index contributed by atoms with van der Waals surface area (Å²) in [6.45, 7) is 2.58. The molecule has 1 aromatic rings. The van der Waals surface area contributed by atoms with E-state index in [-0.39, 0.29) is 15.7 Å². The van der Waals surface area contributed by atoms with E-state index in [1.165, 1.54) is 6.07 Å². The monoisotopic (exact) mass is 323 g/mol. The van der Waals surface area contributed by atoms with Gasteiger partial charge in [-0.05, 0) is 24.4 Å². The van der Waals surface area contributed by atoms with Crippen LogP contribution in [0.3, 0.4) is 0 Å². The van der Waals surface area contributed by atoms with Crippen LogP contribution < -0.4 is 5.32 Å². The molecule has 5 nitrogen and oxygen atoms in total. The number of hydrogen-bond donors (Lipinski definition) is 1. The molecule has 19 heavy (non-hydrogen) atoms. The Labute approximate surface area is 117 Å². The summed E-state index contributed by atoms with van der Waals surface area (Å²) < 4.78 is 48.6. The van der Waals surface area contributed by atoms with Crippen LogP contribution in [0.5, 0.6) is 0 Å². The van der Waals surface area contributed by atoms with E-state index in [4.69, 9.17) is 0 Å². The molecule has 2 atom stereocenters. The third-order valence-corrected chi connectivity index (χ3v) is 8.71. The Hall–Kier alpha value is -0.440. The lowest BCUT2D eigenvalue weighted by Gasteiger charge is -2.18. The van der Waals surface area contributed by atoms with Gasteiger partial charge in [-0.25, -0.2) is 16.8 Å². The lowest BCUT2D eigenvalue weighted by Crippen LogP contribution is -2.43.